The maximum Gasteiger partial charge on any atom is 0.232 e. The number of amides is 1. The molecule has 1 atom stereocenters. The average molecular weight is 453 g/mol. The smallest absolute Gasteiger partial charge is 0.232 e. The summed E-state index contributed by atoms with van der Waals surface area (Å²) in [6.45, 7) is 3.86. The van der Waals surface area contributed by atoms with Crippen LogP contribution >= 0.6 is 0 Å². The van der Waals surface area contributed by atoms with Crippen molar-refractivity contribution >= 4 is 31.5 Å². The number of carbonyl (C=O) groups excluding carboxylic acids is 1. The summed E-state index contributed by atoms with van der Waals surface area (Å²) in [7, 11) is -6.74. The van der Waals surface area contributed by atoms with Crippen molar-refractivity contribution in [3.63, 3.8) is 0 Å². The minimum Gasteiger partial charge on any atom is -0.350 e. The lowest BCUT2D eigenvalue weighted by Crippen LogP contribution is -2.33. The van der Waals surface area contributed by atoms with Gasteiger partial charge in [0, 0.05) is 19.2 Å². The largest absolute Gasteiger partial charge is 0.350 e. The molecule has 1 amide bonds. The predicted molar refractivity (Wildman–Crippen MR) is 119 cm³/mol. The number of para-hydroxylation sites is 1. The average Bonchev–Trinajstić information content (AvgIpc) is 2.64. The van der Waals surface area contributed by atoms with Gasteiger partial charge in [0.25, 0.3) is 0 Å². The molecule has 9 heteroatoms. The van der Waals surface area contributed by atoms with E-state index in [-0.39, 0.29) is 29.8 Å². The minimum absolute atomic E-state index is 0.170. The maximum absolute atomic E-state index is 12.3. The molecule has 0 aliphatic heterocycles. The number of hydrogen-bond donors (Lipinski definition) is 1. The van der Waals surface area contributed by atoms with Crippen LogP contribution in [0.1, 0.15) is 36.9 Å². The van der Waals surface area contributed by atoms with Gasteiger partial charge in [0.05, 0.1) is 22.9 Å². The monoisotopic (exact) mass is 452 g/mol. The number of benzene rings is 2. The molecular formula is C21H28N2O5S2. The lowest BCUT2D eigenvalue weighted by atomic mass is 10.1. The summed E-state index contributed by atoms with van der Waals surface area (Å²) < 4.78 is 48.8. The zero-order valence-corrected chi connectivity index (χ0v) is 19.3. The van der Waals surface area contributed by atoms with Crippen LogP contribution in [0.25, 0.3) is 0 Å². The zero-order chi connectivity index (χ0) is 22.5. The van der Waals surface area contributed by atoms with Gasteiger partial charge in [0.15, 0.2) is 9.84 Å². The lowest BCUT2D eigenvalue weighted by Gasteiger charge is -2.24. The van der Waals surface area contributed by atoms with Crippen molar-refractivity contribution in [2.75, 3.05) is 23.4 Å². The van der Waals surface area contributed by atoms with Crippen LogP contribution in [-0.4, -0.2) is 41.8 Å². The highest BCUT2D eigenvalue weighted by atomic mass is 32.2. The highest BCUT2D eigenvalue weighted by Gasteiger charge is 2.19. The second-order valence-corrected chi connectivity index (χ2v) is 11.3. The molecule has 0 saturated heterocycles. The Morgan fingerprint density at radius 3 is 2.13 bits per heavy atom. The van der Waals surface area contributed by atoms with Crippen LogP contribution in [0.15, 0.2) is 53.4 Å². The molecule has 2 rings (SSSR count). The van der Waals surface area contributed by atoms with E-state index >= 15 is 0 Å². The summed E-state index contributed by atoms with van der Waals surface area (Å²) in [6, 6.07) is 13.3. The first kappa shape index (κ1) is 23.9. The van der Waals surface area contributed by atoms with Crippen LogP contribution in [0.3, 0.4) is 0 Å². The molecule has 30 heavy (non-hydrogen) atoms. The van der Waals surface area contributed by atoms with Crippen molar-refractivity contribution in [2.24, 2.45) is 0 Å². The SMILES string of the molecule is Cc1ccccc1N(CCCC(=O)NC(C)c1ccc(S(C)(=O)=O)cc1)S(C)(=O)=O. The molecule has 0 spiro atoms. The molecule has 0 aromatic heterocycles. The zero-order valence-electron chi connectivity index (χ0n) is 17.6. The van der Waals surface area contributed by atoms with Crippen molar-refractivity contribution in [1.82, 2.24) is 5.32 Å². The fourth-order valence-electron chi connectivity index (χ4n) is 3.09. The topological polar surface area (TPSA) is 101 Å². The van der Waals surface area contributed by atoms with Crippen LogP contribution in [0.2, 0.25) is 0 Å². The second kappa shape index (κ2) is 9.61. The third-order valence-electron chi connectivity index (χ3n) is 4.74. The lowest BCUT2D eigenvalue weighted by molar-refractivity contribution is -0.121. The third-order valence-corrected chi connectivity index (χ3v) is 7.04. The summed E-state index contributed by atoms with van der Waals surface area (Å²) >= 11 is 0. The Labute approximate surface area is 179 Å². The maximum atomic E-state index is 12.3. The quantitative estimate of drug-likeness (QED) is 0.631. The number of hydrogen-bond acceptors (Lipinski definition) is 5. The van der Waals surface area contributed by atoms with Crippen molar-refractivity contribution in [2.45, 2.75) is 37.6 Å². The normalized spacial score (nSPS) is 12.9. The van der Waals surface area contributed by atoms with Crippen molar-refractivity contribution in [1.29, 1.82) is 0 Å². The first-order valence-electron chi connectivity index (χ1n) is 9.52. The van der Waals surface area contributed by atoms with Crippen molar-refractivity contribution in [3.8, 4) is 0 Å². The van der Waals surface area contributed by atoms with Gasteiger partial charge in [-0.15, -0.1) is 0 Å². The summed E-state index contributed by atoms with van der Waals surface area (Å²) in [5, 5.41) is 2.86. The number of nitrogens with one attached hydrogen (secondary N) is 1. The number of anilines is 1. The highest BCUT2D eigenvalue weighted by Crippen LogP contribution is 2.22. The van der Waals surface area contributed by atoms with Crippen LogP contribution in [-0.2, 0) is 24.7 Å². The Morgan fingerprint density at radius 2 is 1.60 bits per heavy atom. The second-order valence-electron chi connectivity index (χ2n) is 7.36. The minimum atomic E-state index is -3.47. The van der Waals surface area contributed by atoms with E-state index in [2.05, 4.69) is 5.32 Å². The van der Waals surface area contributed by atoms with E-state index in [1.165, 1.54) is 16.4 Å². The number of carbonyl (C=O) groups is 1. The number of rotatable bonds is 9. The molecular weight excluding hydrogens is 424 g/mol. The molecule has 0 heterocycles. The van der Waals surface area contributed by atoms with E-state index in [0.29, 0.717) is 12.1 Å². The Kier molecular flexibility index (Phi) is 7.65. The van der Waals surface area contributed by atoms with E-state index < -0.39 is 19.9 Å². The number of aryl methyl sites for hydroxylation is 1. The first-order chi connectivity index (χ1) is 13.9. The Bertz CT molecular complexity index is 1090. The summed E-state index contributed by atoms with van der Waals surface area (Å²) in [4.78, 5) is 12.5. The standard InChI is InChI=1S/C21H28N2O5S2/c1-16-8-5-6-9-20(16)23(30(4,27)28)15-7-10-21(24)22-17(2)18-11-13-19(14-12-18)29(3,25)26/h5-6,8-9,11-14,17H,7,10,15H2,1-4H3,(H,22,24). The molecule has 2 aromatic carbocycles. The van der Waals surface area contributed by atoms with Gasteiger partial charge in [-0.3, -0.25) is 9.10 Å². The van der Waals surface area contributed by atoms with Gasteiger partial charge in [-0.05, 0) is 49.6 Å². The van der Waals surface area contributed by atoms with E-state index in [1.54, 1.807) is 24.3 Å². The van der Waals surface area contributed by atoms with Crippen LogP contribution in [0.4, 0.5) is 5.69 Å². The van der Waals surface area contributed by atoms with Gasteiger partial charge in [-0.2, -0.15) is 0 Å². The van der Waals surface area contributed by atoms with Gasteiger partial charge in [-0.1, -0.05) is 30.3 Å². The molecule has 0 bridgehead atoms. The molecule has 0 radical (unpaired) electrons. The van der Waals surface area contributed by atoms with Crippen molar-refractivity contribution < 1.29 is 21.6 Å². The Hall–Kier alpha value is -2.39. The molecule has 0 aliphatic carbocycles. The molecule has 164 valence electrons. The van der Waals surface area contributed by atoms with E-state index in [4.69, 9.17) is 0 Å². The van der Waals surface area contributed by atoms with E-state index in [0.717, 1.165) is 23.6 Å². The molecule has 0 saturated carbocycles. The van der Waals surface area contributed by atoms with E-state index in [1.807, 2.05) is 26.0 Å². The van der Waals surface area contributed by atoms with Gasteiger partial charge in [-0.25, -0.2) is 16.8 Å². The number of nitrogens with zero attached hydrogens (tertiary/aromatic N) is 1. The van der Waals surface area contributed by atoms with Crippen LogP contribution < -0.4 is 9.62 Å². The highest BCUT2D eigenvalue weighted by molar-refractivity contribution is 7.92. The van der Waals surface area contributed by atoms with Gasteiger partial charge in [0.2, 0.25) is 15.9 Å². The molecule has 1 N–H and O–H groups in total. The van der Waals surface area contributed by atoms with Gasteiger partial charge in [0.1, 0.15) is 0 Å². The van der Waals surface area contributed by atoms with E-state index in [9.17, 15) is 21.6 Å². The predicted octanol–water partition coefficient (Wildman–Crippen LogP) is 2.82. The fourth-order valence-corrected chi connectivity index (χ4v) is 4.75. The number of sulfone groups is 1. The summed E-state index contributed by atoms with van der Waals surface area (Å²) in [6.07, 6.45) is 2.84. The van der Waals surface area contributed by atoms with Gasteiger partial charge >= 0.3 is 0 Å². The molecule has 0 fully saturated rings. The Balaban J connectivity index is 1.95. The van der Waals surface area contributed by atoms with Crippen LogP contribution in [0, 0.1) is 6.92 Å². The summed E-state index contributed by atoms with van der Waals surface area (Å²) in [5.74, 6) is -0.201. The molecule has 1 unspecified atom stereocenters. The fraction of sp³-hybridized carbons (Fsp3) is 0.381. The third kappa shape index (κ3) is 6.56. The molecule has 2 aromatic rings. The number of sulfonamides is 1. The molecule has 7 nitrogen and oxygen atoms in total. The summed E-state index contributed by atoms with van der Waals surface area (Å²) in [5.41, 5.74) is 2.24. The van der Waals surface area contributed by atoms with Crippen LogP contribution in [0.5, 0.6) is 0 Å². The Morgan fingerprint density at radius 1 is 1.00 bits per heavy atom. The molecule has 0 aliphatic rings. The van der Waals surface area contributed by atoms with Gasteiger partial charge < -0.3 is 5.32 Å². The van der Waals surface area contributed by atoms with Crippen molar-refractivity contribution in [3.05, 3.63) is 59.7 Å². The first-order valence-corrected chi connectivity index (χ1v) is 13.3.